The van der Waals surface area contributed by atoms with Gasteiger partial charge in [-0.3, -0.25) is 4.99 Å². The van der Waals surface area contributed by atoms with E-state index in [1.54, 1.807) is 6.92 Å². The fraction of sp³-hybridized carbons (Fsp3) is 0.632. The third kappa shape index (κ3) is 5.73. The summed E-state index contributed by atoms with van der Waals surface area (Å²) in [5.74, 6) is 1.02. The molecule has 0 heterocycles. The first-order chi connectivity index (χ1) is 12.0. The lowest BCUT2D eigenvalue weighted by molar-refractivity contribution is 0.452. The summed E-state index contributed by atoms with van der Waals surface area (Å²) in [6.07, 6.45) is 4.79. The van der Waals surface area contributed by atoms with Crippen LogP contribution in [0.4, 0.5) is 0 Å². The summed E-state index contributed by atoms with van der Waals surface area (Å²) >= 11 is 0. The number of rotatable bonds is 8. The number of nitrogens with zero attached hydrogens (tertiary/aromatic N) is 1. The van der Waals surface area contributed by atoms with Gasteiger partial charge in [0.15, 0.2) is 15.8 Å². The highest BCUT2D eigenvalue weighted by molar-refractivity contribution is 7.91. The van der Waals surface area contributed by atoms with E-state index >= 15 is 0 Å². The molecule has 0 bridgehead atoms. The molecule has 25 heavy (non-hydrogen) atoms. The fourth-order valence-corrected chi connectivity index (χ4v) is 4.12. The lowest BCUT2D eigenvalue weighted by Crippen LogP contribution is -2.41. The molecule has 140 valence electrons. The molecule has 1 aliphatic rings. The molecule has 2 N–H and O–H groups in total. The van der Waals surface area contributed by atoms with Crippen molar-refractivity contribution >= 4 is 15.8 Å². The summed E-state index contributed by atoms with van der Waals surface area (Å²) in [4.78, 5) is 4.79. The van der Waals surface area contributed by atoms with Gasteiger partial charge in [-0.15, -0.1) is 0 Å². The van der Waals surface area contributed by atoms with Crippen molar-refractivity contribution in [1.29, 1.82) is 0 Å². The summed E-state index contributed by atoms with van der Waals surface area (Å²) in [6.45, 7) is 5.57. The lowest BCUT2D eigenvalue weighted by Gasteiger charge is -2.28. The smallest absolute Gasteiger partial charge is 0.191 e. The summed E-state index contributed by atoms with van der Waals surface area (Å²) in [5.41, 5.74) is 1.47. The van der Waals surface area contributed by atoms with Gasteiger partial charge in [-0.05, 0) is 25.3 Å². The predicted molar refractivity (Wildman–Crippen MR) is 105 cm³/mol. The molecular formula is C19H31N3O2S. The Morgan fingerprint density at radius 3 is 2.40 bits per heavy atom. The Morgan fingerprint density at radius 1 is 1.12 bits per heavy atom. The van der Waals surface area contributed by atoms with E-state index in [1.807, 2.05) is 6.92 Å². The van der Waals surface area contributed by atoms with Crippen molar-refractivity contribution in [2.45, 2.75) is 44.9 Å². The highest BCUT2D eigenvalue weighted by atomic mass is 32.2. The van der Waals surface area contributed by atoms with Gasteiger partial charge in [0.05, 0.1) is 12.3 Å². The third-order valence-corrected chi connectivity index (χ3v) is 6.68. The Bertz CT molecular complexity index is 651. The van der Waals surface area contributed by atoms with Gasteiger partial charge < -0.3 is 10.6 Å². The van der Waals surface area contributed by atoms with Gasteiger partial charge in [0, 0.05) is 24.3 Å². The zero-order chi connectivity index (χ0) is 18.2. The first-order valence-corrected chi connectivity index (χ1v) is 11.1. The number of aliphatic imine (C=N–C) groups is 1. The van der Waals surface area contributed by atoms with Gasteiger partial charge in [0.25, 0.3) is 0 Å². The SMILES string of the molecule is CCNC(=NCC1(c2ccccc2)CCCC1)NCCS(=O)(=O)CC. The number of guanidine groups is 1. The Hall–Kier alpha value is -1.56. The first-order valence-electron chi connectivity index (χ1n) is 9.29. The molecule has 1 aliphatic carbocycles. The van der Waals surface area contributed by atoms with E-state index < -0.39 is 9.84 Å². The molecule has 0 unspecified atom stereocenters. The molecule has 0 aromatic heterocycles. The zero-order valence-corrected chi connectivity index (χ0v) is 16.2. The summed E-state index contributed by atoms with van der Waals surface area (Å²) < 4.78 is 23.3. The van der Waals surface area contributed by atoms with Crippen LogP contribution < -0.4 is 10.6 Å². The average Bonchev–Trinajstić information content (AvgIpc) is 3.10. The zero-order valence-electron chi connectivity index (χ0n) is 15.4. The highest BCUT2D eigenvalue weighted by Crippen LogP contribution is 2.41. The molecule has 0 aliphatic heterocycles. The maximum Gasteiger partial charge on any atom is 0.191 e. The molecule has 6 heteroatoms. The molecule has 0 atom stereocenters. The van der Waals surface area contributed by atoms with Crippen LogP contribution >= 0.6 is 0 Å². The van der Waals surface area contributed by atoms with E-state index in [-0.39, 0.29) is 16.9 Å². The molecule has 0 amide bonds. The molecule has 1 saturated carbocycles. The minimum Gasteiger partial charge on any atom is -0.357 e. The Kier molecular flexibility index (Phi) is 7.29. The highest BCUT2D eigenvalue weighted by Gasteiger charge is 2.35. The standard InChI is InChI=1S/C19H31N3O2S/c1-3-20-18(21-14-15-25(23,24)4-2)22-16-19(12-8-9-13-19)17-10-6-5-7-11-17/h5-7,10-11H,3-4,8-9,12-16H2,1-2H3,(H2,20,21,22). The second-order valence-corrected chi connectivity index (χ2v) is 9.18. The largest absolute Gasteiger partial charge is 0.357 e. The molecule has 0 saturated heterocycles. The van der Waals surface area contributed by atoms with Crippen LogP contribution in [0, 0.1) is 0 Å². The van der Waals surface area contributed by atoms with E-state index in [1.165, 1.54) is 18.4 Å². The van der Waals surface area contributed by atoms with Crippen molar-refractivity contribution in [3.05, 3.63) is 35.9 Å². The van der Waals surface area contributed by atoms with Crippen molar-refractivity contribution in [3.8, 4) is 0 Å². The molecule has 1 aromatic carbocycles. The van der Waals surface area contributed by atoms with Gasteiger partial charge in [0.2, 0.25) is 0 Å². The van der Waals surface area contributed by atoms with Gasteiger partial charge in [0.1, 0.15) is 0 Å². The van der Waals surface area contributed by atoms with Gasteiger partial charge >= 0.3 is 0 Å². The van der Waals surface area contributed by atoms with Crippen molar-refractivity contribution in [2.24, 2.45) is 4.99 Å². The van der Waals surface area contributed by atoms with Gasteiger partial charge in [-0.2, -0.15) is 0 Å². The Morgan fingerprint density at radius 2 is 1.80 bits per heavy atom. The quantitative estimate of drug-likeness (QED) is 0.548. The third-order valence-electron chi connectivity index (χ3n) is 4.98. The van der Waals surface area contributed by atoms with Crippen molar-refractivity contribution in [1.82, 2.24) is 10.6 Å². The predicted octanol–water partition coefficient (Wildman–Crippen LogP) is 2.49. The second-order valence-electron chi connectivity index (χ2n) is 6.71. The maximum absolute atomic E-state index is 11.6. The molecule has 0 spiro atoms. The van der Waals surface area contributed by atoms with Crippen LogP contribution in [0.3, 0.4) is 0 Å². The Labute approximate surface area is 152 Å². The number of hydrogen-bond acceptors (Lipinski definition) is 3. The number of sulfone groups is 1. The minimum atomic E-state index is -2.96. The van der Waals surface area contributed by atoms with Gasteiger partial charge in [-0.1, -0.05) is 50.1 Å². The molecule has 1 fully saturated rings. The molecule has 1 aromatic rings. The van der Waals surface area contributed by atoms with E-state index in [4.69, 9.17) is 4.99 Å². The van der Waals surface area contributed by atoms with Crippen molar-refractivity contribution in [2.75, 3.05) is 31.1 Å². The summed E-state index contributed by atoms with van der Waals surface area (Å²) in [5, 5.41) is 6.39. The topological polar surface area (TPSA) is 70.6 Å². The van der Waals surface area contributed by atoms with E-state index in [0.717, 1.165) is 25.9 Å². The van der Waals surface area contributed by atoms with Crippen molar-refractivity contribution in [3.63, 3.8) is 0 Å². The number of benzene rings is 1. The first kappa shape index (κ1) is 19.8. The van der Waals surface area contributed by atoms with Crippen LogP contribution in [0.15, 0.2) is 35.3 Å². The minimum absolute atomic E-state index is 0.110. The van der Waals surface area contributed by atoms with Crippen LogP contribution in [-0.4, -0.2) is 45.5 Å². The number of nitrogens with one attached hydrogen (secondary N) is 2. The molecule has 0 radical (unpaired) electrons. The average molecular weight is 366 g/mol. The van der Waals surface area contributed by atoms with Crippen LogP contribution in [0.25, 0.3) is 0 Å². The van der Waals surface area contributed by atoms with Gasteiger partial charge in [-0.25, -0.2) is 8.42 Å². The van der Waals surface area contributed by atoms with Crippen LogP contribution in [-0.2, 0) is 15.3 Å². The monoisotopic (exact) mass is 365 g/mol. The summed E-state index contributed by atoms with van der Waals surface area (Å²) in [7, 11) is -2.96. The molecule has 2 rings (SSSR count). The fourth-order valence-electron chi connectivity index (χ4n) is 3.42. The Balaban J connectivity index is 2.05. The van der Waals surface area contributed by atoms with E-state index in [2.05, 4.69) is 41.0 Å². The summed E-state index contributed by atoms with van der Waals surface area (Å²) in [6, 6.07) is 10.6. The van der Waals surface area contributed by atoms with E-state index in [9.17, 15) is 8.42 Å². The maximum atomic E-state index is 11.6. The van der Waals surface area contributed by atoms with Crippen LogP contribution in [0.1, 0.15) is 45.1 Å². The molecule has 5 nitrogen and oxygen atoms in total. The van der Waals surface area contributed by atoms with Crippen molar-refractivity contribution < 1.29 is 8.42 Å². The normalized spacial score (nSPS) is 17.4. The van der Waals surface area contributed by atoms with E-state index in [0.29, 0.717) is 12.5 Å². The lowest BCUT2D eigenvalue weighted by atomic mass is 9.79. The van der Waals surface area contributed by atoms with Crippen LogP contribution in [0.2, 0.25) is 0 Å². The van der Waals surface area contributed by atoms with Crippen LogP contribution in [0.5, 0.6) is 0 Å². The molecular weight excluding hydrogens is 334 g/mol. The number of hydrogen-bond donors (Lipinski definition) is 2. The second kappa shape index (κ2) is 9.22.